The number of halogens is 7. The zero-order chi connectivity index (χ0) is 25.7. The number of nitrogens with two attached hydrogens (primary N) is 1. The number of carbonyl (C=O) groups is 2. The Kier molecular flexibility index (Phi) is 7.38. The van der Waals surface area contributed by atoms with E-state index in [2.05, 4.69) is 21.2 Å². The summed E-state index contributed by atoms with van der Waals surface area (Å²) in [6, 6.07) is 11.6. The number of nitrogens with one attached hydrogen (secondary N) is 1. The Labute approximate surface area is 227 Å². The molecule has 1 saturated carbocycles. The van der Waals surface area contributed by atoms with Gasteiger partial charge < -0.3 is 11.1 Å². The molecular weight excluding hydrogens is 608 g/mol. The lowest BCUT2D eigenvalue weighted by molar-refractivity contribution is -0.117. The van der Waals surface area contributed by atoms with Crippen molar-refractivity contribution in [2.45, 2.75) is 16.7 Å². The number of rotatable bonds is 6. The van der Waals surface area contributed by atoms with E-state index in [1.165, 1.54) is 18.2 Å². The molecule has 1 unspecified atom stereocenters. The molecule has 0 heterocycles. The first-order valence-corrected chi connectivity index (χ1v) is 12.4. The van der Waals surface area contributed by atoms with E-state index in [9.17, 15) is 18.4 Å². The molecule has 0 spiro atoms. The van der Waals surface area contributed by atoms with Gasteiger partial charge in [0.2, 0.25) is 5.91 Å². The molecule has 11 heteroatoms. The summed E-state index contributed by atoms with van der Waals surface area (Å²) in [4.78, 5) is 25.8. The molecule has 0 saturated heterocycles. The molecule has 4 nitrogen and oxygen atoms in total. The van der Waals surface area contributed by atoms with E-state index >= 15 is 0 Å². The zero-order valence-corrected chi connectivity index (χ0v) is 22.1. The van der Waals surface area contributed by atoms with Crippen molar-refractivity contribution < 1.29 is 18.4 Å². The van der Waals surface area contributed by atoms with Crippen LogP contribution in [0.1, 0.15) is 27.4 Å². The Morgan fingerprint density at radius 1 is 1.03 bits per heavy atom. The normalized spacial score (nSPS) is 18.3. The number of carbonyl (C=O) groups excluding carboxylic acids is 2. The maximum Gasteiger partial charge on any atom is 0.231 e. The largest absolute Gasteiger partial charge is 0.394 e. The van der Waals surface area contributed by atoms with Gasteiger partial charge in [0.1, 0.15) is 15.8 Å². The topological polar surface area (TPSA) is 72.2 Å². The van der Waals surface area contributed by atoms with Crippen molar-refractivity contribution in [2.24, 2.45) is 5.92 Å². The van der Waals surface area contributed by atoms with Gasteiger partial charge in [-0.25, -0.2) is 8.78 Å². The van der Waals surface area contributed by atoms with Crippen molar-refractivity contribution in [2.75, 3.05) is 11.1 Å². The molecule has 0 aliphatic heterocycles. The minimum Gasteiger partial charge on any atom is -0.394 e. The molecule has 3 N–H and O–H groups in total. The third-order valence-corrected chi connectivity index (χ3v) is 8.21. The fourth-order valence-electron chi connectivity index (χ4n) is 3.83. The van der Waals surface area contributed by atoms with E-state index in [0.29, 0.717) is 9.50 Å². The van der Waals surface area contributed by atoms with Crippen molar-refractivity contribution in [1.82, 2.24) is 0 Å². The highest BCUT2D eigenvalue weighted by Crippen LogP contribution is 2.65. The van der Waals surface area contributed by atoms with Crippen molar-refractivity contribution in [3.8, 4) is 0 Å². The van der Waals surface area contributed by atoms with Gasteiger partial charge in [-0.15, -0.1) is 23.2 Å². The number of ketones is 1. The molecule has 0 bridgehead atoms. The van der Waals surface area contributed by atoms with Crippen LogP contribution in [-0.2, 0) is 11.2 Å². The lowest BCUT2D eigenvalue weighted by atomic mass is 10.0. The molecule has 2 atom stereocenters. The number of Topliss-reactive ketones (excluding diaryl/α,β-unsaturated/α-hetero) is 1. The molecule has 182 valence electrons. The number of benzene rings is 3. The third kappa shape index (κ3) is 5.16. The number of amides is 1. The van der Waals surface area contributed by atoms with E-state index < -0.39 is 51.6 Å². The van der Waals surface area contributed by atoms with Gasteiger partial charge in [0, 0.05) is 28.1 Å². The average molecular weight is 623 g/mol. The minimum absolute atomic E-state index is 0.0451. The van der Waals surface area contributed by atoms with Gasteiger partial charge in [-0.2, -0.15) is 0 Å². The summed E-state index contributed by atoms with van der Waals surface area (Å²) < 4.78 is 27.0. The number of anilines is 2. The zero-order valence-electron chi connectivity index (χ0n) is 17.5. The Balaban J connectivity index is 1.52. The van der Waals surface area contributed by atoms with Gasteiger partial charge in [-0.05, 0) is 63.5 Å². The first-order valence-electron chi connectivity index (χ1n) is 10.1. The van der Waals surface area contributed by atoms with Crippen molar-refractivity contribution >= 4 is 85.4 Å². The Morgan fingerprint density at radius 3 is 2.40 bits per heavy atom. The molecular formula is C24H15BrCl4F2N2O2. The Hall–Kier alpha value is -1.90. The predicted molar refractivity (Wildman–Crippen MR) is 139 cm³/mol. The second-order valence-electron chi connectivity index (χ2n) is 8.02. The van der Waals surface area contributed by atoms with Crippen molar-refractivity contribution in [3.63, 3.8) is 0 Å². The first-order chi connectivity index (χ1) is 16.4. The van der Waals surface area contributed by atoms with Gasteiger partial charge in [0.25, 0.3) is 0 Å². The number of hydrogen-bond donors (Lipinski definition) is 2. The van der Waals surface area contributed by atoms with Crippen LogP contribution in [0, 0.1) is 17.6 Å². The number of hydrogen-bond acceptors (Lipinski definition) is 3. The molecule has 4 rings (SSSR count). The third-order valence-electron chi connectivity index (χ3n) is 5.73. The van der Waals surface area contributed by atoms with Gasteiger partial charge in [0.15, 0.2) is 11.6 Å². The summed E-state index contributed by atoms with van der Waals surface area (Å²) in [5.74, 6) is -4.15. The summed E-state index contributed by atoms with van der Waals surface area (Å²) in [6.45, 7) is 0. The SMILES string of the molecule is Nc1c(F)ccc(CC(=O)c2cc(NC(=O)[C@H]3C(c4ccc(Cl)c(Br)c4)C3(Cl)Cl)ccc2Cl)c1F. The summed E-state index contributed by atoms with van der Waals surface area (Å²) in [7, 11) is 0. The summed E-state index contributed by atoms with van der Waals surface area (Å²) >= 11 is 28.4. The highest BCUT2D eigenvalue weighted by atomic mass is 79.9. The highest BCUT2D eigenvalue weighted by molar-refractivity contribution is 9.10. The van der Waals surface area contributed by atoms with Crippen LogP contribution in [0.2, 0.25) is 10.0 Å². The second kappa shape index (κ2) is 9.87. The van der Waals surface area contributed by atoms with Crippen LogP contribution in [0.15, 0.2) is 53.0 Å². The van der Waals surface area contributed by atoms with Crippen LogP contribution in [-0.4, -0.2) is 16.0 Å². The molecule has 3 aromatic carbocycles. The molecule has 1 amide bonds. The maximum atomic E-state index is 14.2. The molecule has 3 aromatic rings. The second-order valence-corrected chi connectivity index (χ2v) is 11.1. The van der Waals surface area contributed by atoms with Crippen LogP contribution in [0.5, 0.6) is 0 Å². The minimum atomic E-state index is -1.33. The maximum absolute atomic E-state index is 14.2. The van der Waals surface area contributed by atoms with Crippen LogP contribution in [0.3, 0.4) is 0 Å². The summed E-state index contributed by atoms with van der Waals surface area (Å²) in [5, 5.41) is 3.31. The number of nitrogen functional groups attached to an aromatic ring is 1. The monoisotopic (exact) mass is 620 g/mol. The van der Waals surface area contributed by atoms with Crippen molar-refractivity contribution in [1.29, 1.82) is 0 Å². The van der Waals surface area contributed by atoms with Crippen molar-refractivity contribution in [3.05, 3.63) is 91.4 Å². The number of alkyl halides is 2. The molecule has 1 aliphatic rings. The standard InChI is InChI=1S/C24H15BrCl4F2N2O2/c25-14-7-10(1-4-16(14)27)19-20(24(19,28)29)23(35)33-12-3-5-15(26)13(9-12)18(34)8-11-2-6-17(30)22(32)21(11)31/h1-7,9,19-20H,8,32H2,(H,33,35)/t19?,20-/m1/s1. The van der Waals surface area contributed by atoms with E-state index in [1.807, 2.05) is 0 Å². The van der Waals surface area contributed by atoms with Gasteiger partial charge >= 0.3 is 0 Å². The van der Waals surface area contributed by atoms with E-state index in [-0.39, 0.29) is 21.8 Å². The summed E-state index contributed by atoms with van der Waals surface area (Å²) in [6.07, 6.45) is -0.407. The molecule has 0 radical (unpaired) electrons. The van der Waals surface area contributed by atoms with Gasteiger partial charge in [-0.3, -0.25) is 9.59 Å². The van der Waals surface area contributed by atoms with E-state index in [0.717, 1.165) is 17.7 Å². The lowest BCUT2D eigenvalue weighted by Crippen LogP contribution is -2.17. The fraction of sp³-hybridized carbons (Fsp3) is 0.167. The fourth-order valence-corrected chi connectivity index (χ4v) is 5.39. The molecule has 0 aromatic heterocycles. The smallest absolute Gasteiger partial charge is 0.231 e. The Bertz CT molecular complexity index is 1370. The van der Waals surface area contributed by atoms with Gasteiger partial charge in [0.05, 0.1) is 16.0 Å². The van der Waals surface area contributed by atoms with Gasteiger partial charge in [-0.1, -0.05) is 35.3 Å². The Morgan fingerprint density at radius 2 is 1.71 bits per heavy atom. The molecule has 35 heavy (non-hydrogen) atoms. The van der Waals surface area contributed by atoms with Crippen LogP contribution in [0.4, 0.5) is 20.2 Å². The quantitative estimate of drug-likeness (QED) is 0.169. The molecule has 1 fully saturated rings. The lowest BCUT2D eigenvalue weighted by Gasteiger charge is -2.10. The molecule has 1 aliphatic carbocycles. The highest BCUT2D eigenvalue weighted by Gasteiger charge is 2.67. The predicted octanol–water partition coefficient (Wildman–Crippen LogP) is 7.57. The average Bonchev–Trinajstić information content (AvgIpc) is 3.39. The van der Waals surface area contributed by atoms with E-state index in [1.54, 1.807) is 18.2 Å². The van der Waals surface area contributed by atoms with Crippen LogP contribution < -0.4 is 11.1 Å². The summed E-state index contributed by atoms with van der Waals surface area (Å²) in [5.41, 5.74) is 5.67. The van der Waals surface area contributed by atoms with Crippen LogP contribution >= 0.6 is 62.3 Å². The van der Waals surface area contributed by atoms with Crippen LogP contribution in [0.25, 0.3) is 0 Å². The first kappa shape index (κ1) is 26.2. The van der Waals surface area contributed by atoms with E-state index in [4.69, 9.17) is 52.1 Å².